The van der Waals surface area contributed by atoms with Gasteiger partial charge in [-0.2, -0.15) is 0 Å². The normalized spacial score (nSPS) is 10.1. The van der Waals surface area contributed by atoms with Crippen molar-refractivity contribution >= 4 is 17.3 Å². The molecule has 3 aromatic rings. The zero-order valence-corrected chi connectivity index (χ0v) is 15.7. The van der Waals surface area contributed by atoms with Gasteiger partial charge in [0.05, 0.1) is 25.2 Å². The molecule has 8 nitrogen and oxygen atoms in total. The molecule has 0 aliphatic heterocycles. The number of carbonyl (C=O) groups excluding carboxylic acids is 1. The van der Waals surface area contributed by atoms with Gasteiger partial charge >= 0.3 is 0 Å². The number of methoxy groups -OCH3 is 2. The molecular formula is C21H18N2O6. The summed E-state index contributed by atoms with van der Waals surface area (Å²) in [6.45, 7) is 0. The first-order chi connectivity index (χ1) is 14.0. The maximum Gasteiger partial charge on any atom is 0.286 e. The van der Waals surface area contributed by atoms with Crippen molar-refractivity contribution in [2.75, 3.05) is 19.5 Å². The Morgan fingerprint density at radius 1 is 0.897 bits per heavy atom. The van der Waals surface area contributed by atoms with Crippen LogP contribution < -0.4 is 19.5 Å². The summed E-state index contributed by atoms with van der Waals surface area (Å²) in [4.78, 5) is 23.4. The number of ether oxygens (including phenoxy) is 3. The number of nitrogens with one attached hydrogen (secondary N) is 1. The van der Waals surface area contributed by atoms with E-state index in [2.05, 4.69) is 5.32 Å². The van der Waals surface area contributed by atoms with E-state index in [4.69, 9.17) is 14.2 Å². The predicted molar refractivity (Wildman–Crippen MR) is 107 cm³/mol. The monoisotopic (exact) mass is 394 g/mol. The maximum absolute atomic E-state index is 12.6. The van der Waals surface area contributed by atoms with E-state index in [9.17, 15) is 14.9 Å². The summed E-state index contributed by atoms with van der Waals surface area (Å²) >= 11 is 0. The molecule has 1 N–H and O–H groups in total. The van der Waals surface area contributed by atoms with Gasteiger partial charge in [0, 0.05) is 11.8 Å². The number of nitro benzene ring substituents is 1. The quantitative estimate of drug-likeness (QED) is 0.462. The van der Waals surface area contributed by atoms with Crippen molar-refractivity contribution in [2.24, 2.45) is 0 Å². The highest BCUT2D eigenvalue weighted by Crippen LogP contribution is 2.35. The molecule has 0 atom stereocenters. The fourth-order valence-electron chi connectivity index (χ4n) is 2.63. The lowest BCUT2D eigenvalue weighted by atomic mass is 10.1. The van der Waals surface area contributed by atoms with E-state index >= 15 is 0 Å². The van der Waals surface area contributed by atoms with E-state index in [-0.39, 0.29) is 22.7 Å². The summed E-state index contributed by atoms with van der Waals surface area (Å²) in [5.41, 5.74) is -0.0686. The molecule has 3 rings (SSSR count). The number of nitro groups is 1. The fraction of sp³-hybridized carbons (Fsp3) is 0.0952. The maximum atomic E-state index is 12.6. The van der Waals surface area contributed by atoms with Gasteiger partial charge in [-0.1, -0.05) is 18.2 Å². The second kappa shape index (κ2) is 8.75. The average molecular weight is 394 g/mol. The van der Waals surface area contributed by atoms with Gasteiger partial charge in [0.25, 0.3) is 11.6 Å². The third-order valence-corrected chi connectivity index (χ3v) is 4.03. The molecule has 0 saturated carbocycles. The van der Waals surface area contributed by atoms with E-state index < -0.39 is 10.8 Å². The van der Waals surface area contributed by atoms with Crippen molar-refractivity contribution in [3.63, 3.8) is 0 Å². The molecule has 3 aromatic carbocycles. The van der Waals surface area contributed by atoms with Crippen LogP contribution >= 0.6 is 0 Å². The number of rotatable bonds is 7. The molecule has 0 unspecified atom stereocenters. The smallest absolute Gasteiger partial charge is 0.286 e. The van der Waals surface area contributed by atoms with Crippen LogP contribution in [0.5, 0.6) is 23.0 Å². The van der Waals surface area contributed by atoms with Crippen LogP contribution in [0.1, 0.15) is 10.4 Å². The number of hydrogen-bond donors (Lipinski definition) is 1. The molecule has 0 saturated heterocycles. The standard InChI is InChI=1S/C21H18N2O6/c1-27-19-12-17(18(23(25)26)13-20(19)28-2)21(24)22-14-8-10-16(11-9-14)29-15-6-4-3-5-7-15/h3-13H,1-2H3,(H,22,24). The number of anilines is 1. The van der Waals surface area contributed by atoms with Crippen molar-refractivity contribution in [1.29, 1.82) is 0 Å². The summed E-state index contributed by atoms with van der Waals surface area (Å²) in [5, 5.41) is 14.0. The van der Waals surface area contributed by atoms with Gasteiger partial charge in [0.1, 0.15) is 17.1 Å². The lowest BCUT2D eigenvalue weighted by Gasteiger charge is -2.11. The topological polar surface area (TPSA) is 99.9 Å². The Labute approximate surface area is 166 Å². The van der Waals surface area contributed by atoms with E-state index in [0.717, 1.165) is 6.07 Å². The van der Waals surface area contributed by atoms with Crippen molar-refractivity contribution in [3.05, 3.63) is 82.4 Å². The third kappa shape index (κ3) is 4.62. The highest BCUT2D eigenvalue weighted by Gasteiger charge is 2.24. The Hall–Kier alpha value is -4.07. The Morgan fingerprint density at radius 2 is 1.48 bits per heavy atom. The fourth-order valence-corrected chi connectivity index (χ4v) is 2.63. The minimum atomic E-state index is -0.645. The molecule has 0 bridgehead atoms. The van der Waals surface area contributed by atoms with Crippen LogP contribution in [0.2, 0.25) is 0 Å². The summed E-state index contributed by atoms with van der Waals surface area (Å²) in [6, 6.07) is 18.4. The molecule has 148 valence electrons. The van der Waals surface area contributed by atoms with Crippen molar-refractivity contribution in [1.82, 2.24) is 0 Å². The zero-order valence-electron chi connectivity index (χ0n) is 15.7. The number of carbonyl (C=O) groups is 1. The number of amides is 1. The molecule has 0 aromatic heterocycles. The largest absolute Gasteiger partial charge is 0.493 e. The minimum absolute atomic E-state index is 0.141. The highest BCUT2D eigenvalue weighted by atomic mass is 16.6. The lowest BCUT2D eigenvalue weighted by Crippen LogP contribution is -2.14. The number of hydrogen-bond acceptors (Lipinski definition) is 6. The van der Waals surface area contributed by atoms with Crippen molar-refractivity contribution < 1.29 is 23.9 Å². The van der Waals surface area contributed by atoms with E-state index in [1.165, 1.54) is 20.3 Å². The van der Waals surface area contributed by atoms with Crippen LogP contribution in [-0.4, -0.2) is 25.1 Å². The molecule has 0 aliphatic rings. The van der Waals surface area contributed by atoms with Gasteiger partial charge in [-0.3, -0.25) is 14.9 Å². The minimum Gasteiger partial charge on any atom is -0.493 e. The SMILES string of the molecule is COc1cc(C(=O)Nc2ccc(Oc3ccccc3)cc2)c([N+](=O)[O-])cc1OC. The van der Waals surface area contributed by atoms with Crippen LogP contribution in [0.25, 0.3) is 0 Å². The molecule has 0 aliphatic carbocycles. The summed E-state index contributed by atoms with van der Waals surface area (Å²) in [5.74, 6) is 1.01. The molecule has 29 heavy (non-hydrogen) atoms. The predicted octanol–water partition coefficient (Wildman–Crippen LogP) is 4.66. The number of benzene rings is 3. The van der Waals surface area contributed by atoms with E-state index in [1.54, 1.807) is 24.3 Å². The highest BCUT2D eigenvalue weighted by molar-refractivity contribution is 6.07. The molecule has 0 heterocycles. The van der Waals surface area contributed by atoms with E-state index in [0.29, 0.717) is 17.2 Å². The number of nitrogens with zero attached hydrogens (tertiary/aromatic N) is 1. The first-order valence-corrected chi connectivity index (χ1v) is 8.56. The van der Waals surface area contributed by atoms with Gasteiger partial charge in [0.15, 0.2) is 11.5 Å². The van der Waals surface area contributed by atoms with Gasteiger partial charge in [0.2, 0.25) is 0 Å². The first kappa shape index (κ1) is 19.7. The van der Waals surface area contributed by atoms with Crippen LogP contribution in [0.4, 0.5) is 11.4 Å². The average Bonchev–Trinajstić information content (AvgIpc) is 2.74. The van der Waals surface area contributed by atoms with E-state index in [1.807, 2.05) is 30.3 Å². The second-order valence-corrected chi connectivity index (χ2v) is 5.88. The Balaban J connectivity index is 1.80. The molecule has 0 spiro atoms. The van der Waals surface area contributed by atoms with Crippen LogP contribution in [0.3, 0.4) is 0 Å². The molecule has 8 heteroatoms. The van der Waals surface area contributed by atoms with Crippen LogP contribution in [0.15, 0.2) is 66.7 Å². The zero-order chi connectivity index (χ0) is 20.8. The van der Waals surface area contributed by atoms with Gasteiger partial charge in [-0.05, 0) is 36.4 Å². The summed E-state index contributed by atoms with van der Waals surface area (Å²) in [6.07, 6.45) is 0. The van der Waals surface area contributed by atoms with Gasteiger partial charge in [-0.15, -0.1) is 0 Å². The van der Waals surface area contributed by atoms with Gasteiger partial charge in [-0.25, -0.2) is 0 Å². The third-order valence-electron chi connectivity index (χ3n) is 4.03. The van der Waals surface area contributed by atoms with Gasteiger partial charge < -0.3 is 19.5 Å². The Morgan fingerprint density at radius 3 is 2.07 bits per heavy atom. The second-order valence-electron chi connectivity index (χ2n) is 5.88. The lowest BCUT2D eigenvalue weighted by molar-refractivity contribution is -0.385. The van der Waals surface area contributed by atoms with Crippen LogP contribution in [0, 0.1) is 10.1 Å². The van der Waals surface area contributed by atoms with Crippen molar-refractivity contribution in [3.8, 4) is 23.0 Å². The van der Waals surface area contributed by atoms with Crippen molar-refractivity contribution in [2.45, 2.75) is 0 Å². The molecule has 0 fully saturated rings. The summed E-state index contributed by atoms with van der Waals surface area (Å²) < 4.78 is 15.9. The molecule has 0 radical (unpaired) electrons. The molecular weight excluding hydrogens is 376 g/mol. The molecule has 1 amide bonds. The summed E-state index contributed by atoms with van der Waals surface area (Å²) in [7, 11) is 2.75. The van der Waals surface area contributed by atoms with Crippen LogP contribution in [-0.2, 0) is 0 Å². The first-order valence-electron chi connectivity index (χ1n) is 8.56. The Kier molecular flexibility index (Phi) is 5.94. The Bertz CT molecular complexity index is 1020. The number of para-hydroxylation sites is 1.